The van der Waals surface area contributed by atoms with Gasteiger partial charge in [-0.15, -0.1) is 0 Å². The van der Waals surface area contributed by atoms with E-state index >= 15 is 0 Å². The molecule has 170 valence electrons. The molecule has 4 rings (SSSR count). The van der Waals surface area contributed by atoms with Crippen LogP contribution in [-0.4, -0.2) is 30.6 Å². The van der Waals surface area contributed by atoms with Crippen LogP contribution < -0.4 is 15.4 Å². The Labute approximate surface area is 190 Å². The first kappa shape index (κ1) is 22.7. The number of piperidine rings is 1. The van der Waals surface area contributed by atoms with Gasteiger partial charge in [-0.2, -0.15) is 0 Å². The standard InChI is InChI=1S/C24H27F2N3O2S/c25-17-6-7-20(26)18(15-17)23(27)32-24(11-14-31-21-4-2-1-3-19(21)24)29-22(30)8-5-16-9-12-28-13-10-16/h1-4,6-7,15-16,27-28H,5,8-14H2,(H,29,30). The Morgan fingerprint density at radius 2 is 2.00 bits per heavy atom. The molecule has 0 bridgehead atoms. The summed E-state index contributed by atoms with van der Waals surface area (Å²) in [5.41, 5.74) is 0.607. The third-order valence-electron chi connectivity index (χ3n) is 6.06. The smallest absolute Gasteiger partial charge is 0.221 e. The third-order valence-corrected chi connectivity index (χ3v) is 7.36. The van der Waals surface area contributed by atoms with E-state index in [2.05, 4.69) is 10.6 Å². The number of amides is 1. The molecule has 0 spiro atoms. The minimum atomic E-state index is -0.990. The highest BCUT2D eigenvalue weighted by molar-refractivity contribution is 8.15. The molecule has 0 aliphatic carbocycles. The largest absolute Gasteiger partial charge is 0.493 e. The van der Waals surface area contributed by atoms with Crippen LogP contribution in [0.3, 0.4) is 0 Å². The first-order chi connectivity index (χ1) is 15.5. The summed E-state index contributed by atoms with van der Waals surface area (Å²) in [6.45, 7) is 2.30. The number of hydrogen-bond donors (Lipinski definition) is 3. The zero-order chi connectivity index (χ0) is 22.6. The van der Waals surface area contributed by atoms with E-state index in [9.17, 15) is 13.6 Å². The van der Waals surface area contributed by atoms with Gasteiger partial charge in [-0.25, -0.2) is 8.78 Å². The lowest BCUT2D eigenvalue weighted by Gasteiger charge is -2.39. The van der Waals surface area contributed by atoms with Gasteiger partial charge in [-0.05, 0) is 62.5 Å². The molecule has 1 atom stereocenters. The van der Waals surface area contributed by atoms with Gasteiger partial charge >= 0.3 is 0 Å². The van der Waals surface area contributed by atoms with E-state index in [0.29, 0.717) is 31.1 Å². The molecular weight excluding hydrogens is 432 g/mol. The molecule has 2 aliphatic rings. The highest BCUT2D eigenvalue weighted by Gasteiger charge is 2.41. The minimum Gasteiger partial charge on any atom is -0.493 e. The summed E-state index contributed by atoms with van der Waals surface area (Å²) >= 11 is 1.03. The molecule has 2 aromatic carbocycles. The highest BCUT2D eigenvalue weighted by Crippen LogP contribution is 2.46. The van der Waals surface area contributed by atoms with Crippen molar-refractivity contribution in [1.29, 1.82) is 5.41 Å². The van der Waals surface area contributed by atoms with Crippen molar-refractivity contribution in [2.45, 2.75) is 37.0 Å². The SMILES string of the molecule is N=C(SC1(NC(=O)CCC2CCNCC2)CCOc2ccccc21)c1cc(F)ccc1F. The summed E-state index contributed by atoms with van der Waals surface area (Å²) in [6.07, 6.45) is 3.73. The van der Waals surface area contributed by atoms with Crippen LogP contribution in [0, 0.1) is 23.0 Å². The van der Waals surface area contributed by atoms with E-state index in [4.69, 9.17) is 10.1 Å². The summed E-state index contributed by atoms with van der Waals surface area (Å²) in [5.74, 6) is -0.249. The summed E-state index contributed by atoms with van der Waals surface area (Å²) in [5, 5.41) is 14.9. The van der Waals surface area contributed by atoms with Crippen LogP contribution >= 0.6 is 11.8 Å². The summed E-state index contributed by atoms with van der Waals surface area (Å²) in [4.78, 5) is 12.0. The molecule has 1 saturated heterocycles. The number of para-hydroxylation sites is 1. The predicted molar refractivity (Wildman–Crippen MR) is 122 cm³/mol. The van der Waals surface area contributed by atoms with Gasteiger partial charge in [0.05, 0.1) is 11.7 Å². The fraction of sp³-hybridized carbons (Fsp3) is 0.417. The molecule has 1 unspecified atom stereocenters. The predicted octanol–water partition coefficient (Wildman–Crippen LogP) is 4.55. The lowest BCUT2D eigenvalue weighted by Crippen LogP contribution is -2.47. The fourth-order valence-electron chi connectivity index (χ4n) is 4.32. The average Bonchev–Trinajstić information content (AvgIpc) is 2.80. The van der Waals surface area contributed by atoms with Crippen molar-refractivity contribution in [2.24, 2.45) is 5.92 Å². The van der Waals surface area contributed by atoms with Crippen molar-refractivity contribution in [3.8, 4) is 5.75 Å². The minimum absolute atomic E-state index is 0.111. The Hall–Kier alpha value is -2.45. The van der Waals surface area contributed by atoms with Crippen LogP contribution in [0.15, 0.2) is 42.5 Å². The van der Waals surface area contributed by atoms with Crippen LogP contribution in [0.4, 0.5) is 8.78 Å². The molecule has 0 saturated carbocycles. The Morgan fingerprint density at radius 3 is 2.81 bits per heavy atom. The average molecular weight is 460 g/mol. The van der Waals surface area contributed by atoms with Crippen molar-refractivity contribution in [2.75, 3.05) is 19.7 Å². The summed E-state index contributed by atoms with van der Waals surface area (Å²) in [6, 6.07) is 10.4. The van der Waals surface area contributed by atoms with Gasteiger partial charge < -0.3 is 15.4 Å². The third kappa shape index (κ3) is 5.13. The number of hydrogen-bond acceptors (Lipinski definition) is 5. The molecule has 1 fully saturated rings. The number of thioether (sulfide) groups is 1. The quantitative estimate of drug-likeness (QED) is 0.337. The maximum absolute atomic E-state index is 14.3. The second-order valence-electron chi connectivity index (χ2n) is 8.26. The van der Waals surface area contributed by atoms with Gasteiger partial charge in [-0.1, -0.05) is 30.0 Å². The number of ether oxygens (including phenoxy) is 1. The molecule has 3 N–H and O–H groups in total. The van der Waals surface area contributed by atoms with Gasteiger partial charge in [0.2, 0.25) is 5.91 Å². The molecule has 0 aromatic heterocycles. The van der Waals surface area contributed by atoms with Crippen LogP contribution in [0.1, 0.15) is 43.2 Å². The van der Waals surface area contributed by atoms with Crippen molar-refractivity contribution >= 4 is 22.7 Å². The van der Waals surface area contributed by atoms with E-state index in [1.54, 1.807) is 0 Å². The number of fused-ring (bicyclic) bond motifs is 1. The monoisotopic (exact) mass is 459 g/mol. The number of rotatable bonds is 6. The second-order valence-corrected chi connectivity index (χ2v) is 9.57. The second kappa shape index (κ2) is 10.0. The van der Waals surface area contributed by atoms with Crippen molar-refractivity contribution in [1.82, 2.24) is 10.6 Å². The first-order valence-corrected chi connectivity index (χ1v) is 11.8. The topological polar surface area (TPSA) is 74.2 Å². The van der Waals surface area contributed by atoms with E-state index in [1.807, 2.05) is 24.3 Å². The van der Waals surface area contributed by atoms with Crippen LogP contribution in [0.2, 0.25) is 0 Å². The van der Waals surface area contributed by atoms with Crippen molar-refractivity contribution < 1.29 is 18.3 Å². The van der Waals surface area contributed by atoms with E-state index in [-0.39, 0.29) is 16.5 Å². The highest BCUT2D eigenvalue weighted by atomic mass is 32.2. The zero-order valence-electron chi connectivity index (χ0n) is 17.8. The Bertz CT molecular complexity index is 997. The number of nitrogens with one attached hydrogen (secondary N) is 3. The Kier molecular flexibility index (Phi) is 7.10. The summed E-state index contributed by atoms with van der Waals surface area (Å²) in [7, 11) is 0. The number of carbonyl (C=O) groups excluding carboxylic acids is 1. The maximum atomic E-state index is 14.3. The van der Waals surface area contributed by atoms with Crippen LogP contribution in [0.25, 0.3) is 0 Å². The maximum Gasteiger partial charge on any atom is 0.221 e. The van der Waals surface area contributed by atoms with E-state index in [1.165, 1.54) is 0 Å². The Balaban J connectivity index is 1.57. The molecule has 0 radical (unpaired) electrons. The molecular formula is C24H27F2N3O2S. The molecule has 2 aromatic rings. The van der Waals surface area contributed by atoms with Gasteiger partial charge in [0, 0.05) is 24.0 Å². The molecule has 8 heteroatoms. The zero-order valence-corrected chi connectivity index (χ0v) is 18.6. The molecule has 1 amide bonds. The Morgan fingerprint density at radius 1 is 1.22 bits per heavy atom. The lowest BCUT2D eigenvalue weighted by atomic mass is 9.93. The van der Waals surface area contributed by atoms with Crippen LogP contribution in [-0.2, 0) is 9.67 Å². The van der Waals surface area contributed by atoms with Gasteiger partial charge in [0.25, 0.3) is 0 Å². The molecule has 2 heterocycles. The number of benzene rings is 2. The van der Waals surface area contributed by atoms with Gasteiger partial charge in [-0.3, -0.25) is 10.2 Å². The number of carbonyl (C=O) groups is 1. The lowest BCUT2D eigenvalue weighted by molar-refractivity contribution is -0.122. The van der Waals surface area contributed by atoms with Crippen LogP contribution in [0.5, 0.6) is 5.75 Å². The van der Waals surface area contributed by atoms with E-state index in [0.717, 1.165) is 67.9 Å². The number of halogens is 2. The van der Waals surface area contributed by atoms with Crippen molar-refractivity contribution in [3.05, 3.63) is 65.2 Å². The van der Waals surface area contributed by atoms with Crippen molar-refractivity contribution in [3.63, 3.8) is 0 Å². The normalized spacial score (nSPS) is 20.8. The van der Waals surface area contributed by atoms with Gasteiger partial charge in [0.15, 0.2) is 0 Å². The van der Waals surface area contributed by atoms with Gasteiger partial charge in [0.1, 0.15) is 22.3 Å². The first-order valence-electron chi connectivity index (χ1n) is 10.9. The molecule has 32 heavy (non-hydrogen) atoms. The molecule has 2 aliphatic heterocycles. The fourth-order valence-corrected chi connectivity index (χ4v) is 5.56. The molecule has 5 nitrogen and oxygen atoms in total. The van der Waals surface area contributed by atoms with E-state index < -0.39 is 16.5 Å². The summed E-state index contributed by atoms with van der Waals surface area (Å²) < 4.78 is 33.9.